The maximum absolute atomic E-state index is 12.1. The predicted octanol–water partition coefficient (Wildman–Crippen LogP) is 2.75. The highest BCUT2D eigenvalue weighted by Gasteiger charge is 2.35. The van der Waals surface area contributed by atoms with Gasteiger partial charge in [-0.2, -0.15) is 0 Å². The summed E-state index contributed by atoms with van der Waals surface area (Å²) in [5, 5.41) is 3.14. The molecule has 1 aliphatic carbocycles. The van der Waals surface area contributed by atoms with Crippen molar-refractivity contribution in [3.05, 3.63) is 24.3 Å². The number of nitrogens with one attached hydrogen (secondary N) is 1. The molecule has 4 nitrogen and oxygen atoms in total. The second-order valence-electron chi connectivity index (χ2n) is 5.66. The molecule has 2 fully saturated rings. The van der Waals surface area contributed by atoms with Crippen LogP contribution in [0.15, 0.2) is 24.3 Å². The SMILES string of the molecule is Nc1cccc(N2CC(C3CCCCC3)NC2=O)c1. The summed E-state index contributed by atoms with van der Waals surface area (Å²) in [6.07, 6.45) is 6.44. The summed E-state index contributed by atoms with van der Waals surface area (Å²) in [5.41, 5.74) is 7.39. The van der Waals surface area contributed by atoms with Crippen LogP contribution in [0.4, 0.5) is 16.2 Å². The summed E-state index contributed by atoms with van der Waals surface area (Å²) < 4.78 is 0. The molecule has 1 saturated heterocycles. The van der Waals surface area contributed by atoms with Gasteiger partial charge in [-0.1, -0.05) is 25.3 Å². The number of hydrogen-bond acceptors (Lipinski definition) is 2. The van der Waals surface area contributed by atoms with E-state index in [1.165, 1.54) is 32.1 Å². The number of nitrogen functional groups attached to an aromatic ring is 1. The van der Waals surface area contributed by atoms with E-state index in [1.54, 1.807) is 0 Å². The van der Waals surface area contributed by atoms with Crippen molar-refractivity contribution in [2.45, 2.75) is 38.1 Å². The quantitative estimate of drug-likeness (QED) is 0.802. The first-order chi connectivity index (χ1) is 9.24. The van der Waals surface area contributed by atoms with Gasteiger partial charge < -0.3 is 11.1 Å². The van der Waals surface area contributed by atoms with E-state index in [9.17, 15) is 4.79 Å². The lowest BCUT2D eigenvalue weighted by atomic mass is 9.84. The van der Waals surface area contributed by atoms with Crippen LogP contribution in [0.3, 0.4) is 0 Å². The Morgan fingerprint density at radius 1 is 1.21 bits per heavy atom. The summed E-state index contributed by atoms with van der Waals surface area (Å²) in [6.45, 7) is 0.771. The third kappa shape index (κ3) is 2.53. The zero-order chi connectivity index (χ0) is 13.2. The number of carbonyl (C=O) groups is 1. The van der Waals surface area contributed by atoms with Crippen LogP contribution in [-0.4, -0.2) is 18.6 Å². The van der Waals surface area contributed by atoms with Gasteiger partial charge >= 0.3 is 6.03 Å². The van der Waals surface area contributed by atoms with E-state index in [1.807, 2.05) is 29.2 Å². The van der Waals surface area contributed by atoms with E-state index in [4.69, 9.17) is 5.73 Å². The molecule has 1 saturated carbocycles. The van der Waals surface area contributed by atoms with Crippen LogP contribution in [0.1, 0.15) is 32.1 Å². The molecule has 0 spiro atoms. The first-order valence-corrected chi connectivity index (χ1v) is 7.17. The van der Waals surface area contributed by atoms with E-state index >= 15 is 0 Å². The van der Waals surface area contributed by atoms with Crippen molar-refractivity contribution in [1.29, 1.82) is 0 Å². The fourth-order valence-electron chi connectivity index (χ4n) is 3.28. The molecule has 2 aliphatic rings. The molecule has 19 heavy (non-hydrogen) atoms. The Kier molecular flexibility index (Phi) is 3.32. The highest BCUT2D eigenvalue weighted by Crippen LogP contribution is 2.30. The van der Waals surface area contributed by atoms with Gasteiger partial charge in [-0.3, -0.25) is 4.90 Å². The molecule has 3 N–H and O–H groups in total. The predicted molar refractivity (Wildman–Crippen MR) is 77.1 cm³/mol. The number of nitrogens with zero attached hydrogens (tertiary/aromatic N) is 1. The second-order valence-corrected chi connectivity index (χ2v) is 5.66. The Balaban J connectivity index is 1.72. The van der Waals surface area contributed by atoms with E-state index in [-0.39, 0.29) is 6.03 Å². The number of amides is 2. The summed E-state index contributed by atoms with van der Waals surface area (Å²) >= 11 is 0. The lowest BCUT2D eigenvalue weighted by Crippen LogP contribution is -2.35. The Morgan fingerprint density at radius 3 is 2.74 bits per heavy atom. The van der Waals surface area contributed by atoms with Gasteiger partial charge in [0.15, 0.2) is 0 Å². The van der Waals surface area contributed by atoms with Gasteiger partial charge in [-0.05, 0) is 37.0 Å². The number of rotatable bonds is 2. The minimum absolute atomic E-state index is 0.0150. The van der Waals surface area contributed by atoms with Crippen LogP contribution < -0.4 is 16.0 Å². The van der Waals surface area contributed by atoms with Crippen molar-refractivity contribution in [3.8, 4) is 0 Å². The standard InChI is InChI=1S/C15H21N3O/c16-12-7-4-8-13(9-12)18-10-14(17-15(18)19)11-5-2-1-3-6-11/h4,7-9,11,14H,1-3,5-6,10,16H2,(H,17,19). The fraction of sp³-hybridized carbons (Fsp3) is 0.533. The summed E-state index contributed by atoms with van der Waals surface area (Å²) in [7, 11) is 0. The third-order valence-electron chi connectivity index (χ3n) is 4.33. The number of urea groups is 1. The van der Waals surface area contributed by atoms with Crippen molar-refractivity contribution in [1.82, 2.24) is 5.32 Å². The second kappa shape index (κ2) is 5.11. The minimum atomic E-state index is 0.0150. The van der Waals surface area contributed by atoms with Gasteiger partial charge in [-0.15, -0.1) is 0 Å². The fourth-order valence-corrected chi connectivity index (χ4v) is 3.28. The number of nitrogens with two attached hydrogens (primary N) is 1. The van der Waals surface area contributed by atoms with Gasteiger partial charge in [0.1, 0.15) is 0 Å². The highest BCUT2D eigenvalue weighted by molar-refractivity contribution is 5.95. The van der Waals surface area contributed by atoms with Gasteiger partial charge in [0.05, 0.1) is 6.04 Å². The Bertz CT molecular complexity index is 468. The van der Waals surface area contributed by atoms with Crippen LogP contribution in [0.5, 0.6) is 0 Å². The molecule has 1 atom stereocenters. The van der Waals surface area contributed by atoms with Crippen LogP contribution in [0.25, 0.3) is 0 Å². The summed E-state index contributed by atoms with van der Waals surface area (Å²) in [5.74, 6) is 0.642. The molecule has 1 aromatic rings. The zero-order valence-corrected chi connectivity index (χ0v) is 11.1. The third-order valence-corrected chi connectivity index (χ3v) is 4.33. The molecule has 1 heterocycles. The number of carbonyl (C=O) groups excluding carboxylic acids is 1. The average molecular weight is 259 g/mol. The molecule has 0 radical (unpaired) electrons. The van der Waals surface area contributed by atoms with Crippen molar-refractivity contribution in [2.75, 3.05) is 17.2 Å². The number of hydrogen-bond donors (Lipinski definition) is 2. The van der Waals surface area contributed by atoms with Gasteiger partial charge in [-0.25, -0.2) is 4.79 Å². The van der Waals surface area contributed by atoms with Crippen LogP contribution in [0, 0.1) is 5.92 Å². The monoisotopic (exact) mass is 259 g/mol. The molecule has 1 unspecified atom stereocenters. The van der Waals surface area contributed by atoms with Crippen molar-refractivity contribution in [2.24, 2.45) is 5.92 Å². The first-order valence-electron chi connectivity index (χ1n) is 7.17. The molecule has 2 amide bonds. The molecular weight excluding hydrogens is 238 g/mol. The lowest BCUT2D eigenvalue weighted by molar-refractivity contribution is 0.244. The Labute approximate surface area is 114 Å². The molecular formula is C15H21N3O. The molecule has 1 aliphatic heterocycles. The maximum Gasteiger partial charge on any atom is 0.322 e. The smallest absolute Gasteiger partial charge is 0.322 e. The van der Waals surface area contributed by atoms with Crippen LogP contribution in [0.2, 0.25) is 0 Å². The van der Waals surface area contributed by atoms with Gasteiger partial charge in [0.25, 0.3) is 0 Å². The van der Waals surface area contributed by atoms with E-state index in [2.05, 4.69) is 5.32 Å². The van der Waals surface area contributed by atoms with E-state index in [0.717, 1.165) is 12.2 Å². The Morgan fingerprint density at radius 2 is 2.00 bits per heavy atom. The number of benzene rings is 1. The largest absolute Gasteiger partial charge is 0.399 e. The molecule has 0 aromatic heterocycles. The molecule has 1 aromatic carbocycles. The lowest BCUT2D eigenvalue weighted by Gasteiger charge is -2.26. The van der Waals surface area contributed by atoms with Gasteiger partial charge in [0, 0.05) is 17.9 Å². The summed E-state index contributed by atoms with van der Waals surface area (Å²) in [4.78, 5) is 13.9. The molecule has 0 bridgehead atoms. The Hall–Kier alpha value is -1.71. The van der Waals surface area contributed by atoms with Crippen molar-refractivity contribution >= 4 is 17.4 Å². The van der Waals surface area contributed by atoms with Crippen molar-refractivity contribution < 1.29 is 4.79 Å². The topological polar surface area (TPSA) is 58.4 Å². The number of anilines is 2. The van der Waals surface area contributed by atoms with Crippen LogP contribution >= 0.6 is 0 Å². The zero-order valence-electron chi connectivity index (χ0n) is 11.1. The van der Waals surface area contributed by atoms with E-state index < -0.39 is 0 Å². The van der Waals surface area contributed by atoms with Crippen molar-refractivity contribution in [3.63, 3.8) is 0 Å². The molecule has 102 valence electrons. The van der Waals surface area contributed by atoms with Gasteiger partial charge in [0.2, 0.25) is 0 Å². The van der Waals surface area contributed by atoms with Crippen LogP contribution in [-0.2, 0) is 0 Å². The first kappa shape index (κ1) is 12.3. The molecule has 3 rings (SSSR count). The molecule has 4 heteroatoms. The average Bonchev–Trinajstić information content (AvgIpc) is 2.82. The minimum Gasteiger partial charge on any atom is -0.399 e. The highest BCUT2D eigenvalue weighted by atomic mass is 16.2. The maximum atomic E-state index is 12.1. The summed E-state index contributed by atoms with van der Waals surface area (Å²) in [6, 6.07) is 7.86. The van der Waals surface area contributed by atoms with E-state index in [0.29, 0.717) is 17.6 Å². The normalized spacial score (nSPS) is 24.5.